The maximum atomic E-state index is 12.6. The van der Waals surface area contributed by atoms with Crippen molar-refractivity contribution < 1.29 is 24.4 Å². The molecule has 0 aliphatic carbocycles. The van der Waals surface area contributed by atoms with Gasteiger partial charge >= 0.3 is 5.69 Å². The molecule has 0 bridgehead atoms. The van der Waals surface area contributed by atoms with Crippen molar-refractivity contribution in [2.45, 2.75) is 0 Å². The van der Waals surface area contributed by atoms with E-state index in [1.165, 1.54) is 25.3 Å². The summed E-state index contributed by atoms with van der Waals surface area (Å²) in [5, 5.41) is 22.3. The number of hydrogen-bond donors (Lipinski definition) is 2. The Hall–Kier alpha value is -3.59. The van der Waals surface area contributed by atoms with Crippen molar-refractivity contribution in [1.82, 2.24) is 5.43 Å². The lowest BCUT2D eigenvalue weighted by Crippen LogP contribution is -2.35. The zero-order chi connectivity index (χ0) is 19.7. The zero-order valence-corrected chi connectivity index (χ0v) is 14.6. The summed E-state index contributed by atoms with van der Waals surface area (Å²) in [5.74, 6) is -2.15. The number of nitro benzene ring substituents is 1. The van der Waals surface area contributed by atoms with E-state index in [2.05, 4.69) is 5.43 Å². The Bertz CT molecular complexity index is 1000. The number of nitrogens with zero attached hydrogens (tertiary/aromatic N) is 2. The van der Waals surface area contributed by atoms with Gasteiger partial charge in [-0.25, -0.2) is 5.01 Å². The fraction of sp³-hybridized carbons (Fsp3) is 0.0588. The number of nitrogens with one attached hydrogen (secondary N) is 1. The van der Waals surface area contributed by atoms with Gasteiger partial charge in [0.25, 0.3) is 11.8 Å². The highest BCUT2D eigenvalue weighted by Crippen LogP contribution is 2.37. The summed E-state index contributed by atoms with van der Waals surface area (Å²) < 4.78 is 4.90. The summed E-state index contributed by atoms with van der Waals surface area (Å²) in [6.07, 6.45) is 1.18. The number of carbonyl (C=O) groups is 2. The number of amides is 2. The van der Waals surface area contributed by atoms with Crippen LogP contribution in [0.1, 0.15) is 5.56 Å². The first kappa shape index (κ1) is 18.2. The van der Waals surface area contributed by atoms with Gasteiger partial charge in [-0.2, -0.15) is 0 Å². The summed E-state index contributed by atoms with van der Waals surface area (Å²) in [5.41, 5.74) is 2.05. The number of ether oxygens (including phenoxy) is 1. The van der Waals surface area contributed by atoms with Crippen LogP contribution < -0.4 is 15.2 Å². The second kappa shape index (κ2) is 6.96. The van der Waals surface area contributed by atoms with E-state index >= 15 is 0 Å². The Morgan fingerprint density at radius 1 is 1.30 bits per heavy atom. The average Bonchev–Trinajstić information content (AvgIpc) is 2.91. The van der Waals surface area contributed by atoms with Crippen LogP contribution in [0.4, 0.5) is 11.4 Å². The summed E-state index contributed by atoms with van der Waals surface area (Å²) in [6.45, 7) is 0. The number of hydrazine groups is 1. The molecule has 2 N–H and O–H groups in total. The van der Waals surface area contributed by atoms with Gasteiger partial charge in [-0.05, 0) is 35.9 Å². The first-order chi connectivity index (χ1) is 12.8. The Morgan fingerprint density at radius 3 is 2.67 bits per heavy atom. The van der Waals surface area contributed by atoms with E-state index in [9.17, 15) is 24.8 Å². The Labute approximate surface area is 157 Å². The quantitative estimate of drug-likeness (QED) is 0.358. The Morgan fingerprint density at radius 2 is 2.04 bits per heavy atom. The number of rotatable bonds is 4. The third kappa shape index (κ3) is 3.40. The molecule has 0 atom stereocenters. The van der Waals surface area contributed by atoms with Crippen LogP contribution >= 0.6 is 11.6 Å². The molecule has 3 rings (SSSR count). The summed E-state index contributed by atoms with van der Waals surface area (Å²) in [6, 6.07) is 8.63. The zero-order valence-electron chi connectivity index (χ0n) is 13.8. The molecular weight excluding hydrogens is 378 g/mol. The molecule has 0 radical (unpaired) electrons. The first-order valence-corrected chi connectivity index (χ1v) is 7.87. The first-order valence-electron chi connectivity index (χ1n) is 7.50. The highest BCUT2D eigenvalue weighted by Gasteiger charge is 2.34. The van der Waals surface area contributed by atoms with Crippen molar-refractivity contribution in [3.63, 3.8) is 0 Å². The predicted molar refractivity (Wildman–Crippen MR) is 96.4 cm³/mol. The van der Waals surface area contributed by atoms with Gasteiger partial charge in [0.05, 0.1) is 17.7 Å². The molecule has 2 aromatic carbocycles. The lowest BCUT2D eigenvalue weighted by atomic mass is 10.1. The molecule has 2 amide bonds. The van der Waals surface area contributed by atoms with Crippen LogP contribution in [0.25, 0.3) is 6.08 Å². The topological polar surface area (TPSA) is 122 Å². The largest absolute Gasteiger partial charge is 0.500 e. The van der Waals surface area contributed by atoms with Crippen LogP contribution in [-0.4, -0.2) is 29.0 Å². The molecule has 1 fully saturated rings. The average molecular weight is 390 g/mol. The number of halogens is 1. The molecule has 1 aliphatic rings. The minimum absolute atomic E-state index is 0.141. The second-order valence-electron chi connectivity index (χ2n) is 5.47. The van der Waals surface area contributed by atoms with Gasteiger partial charge in [-0.1, -0.05) is 17.7 Å². The van der Waals surface area contributed by atoms with Gasteiger partial charge in [0.15, 0.2) is 5.75 Å². The molecule has 1 aliphatic heterocycles. The van der Waals surface area contributed by atoms with Gasteiger partial charge in [-0.15, -0.1) is 0 Å². The molecule has 0 saturated carbocycles. The maximum Gasteiger partial charge on any atom is 0.315 e. The predicted octanol–water partition coefficient (Wildman–Crippen LogP) is 2.42. The standard InChI is InChI=1S/C17H12ClN3O6/c1-27-14-7-9(6-13(15(14)22)21(25)26)5-12-16(23)19-20(17(12)24)11-4-2-3-10(18)8-11/h2-8,22H,1H3,(H,19,23)/b12-5+. The molecule has 0 unspecified atom stereocenters. The molecule has 10 heteroatoms. The van der Waals surface area contributed by atoms with Crippen molar-refractivity contribution >= 4 is 40.9 Å². The van der Waals surface area contributed by atoms with Crippen LogP contribution in [0.5, 0.6) is 11.5 Å². The Balaban J connectivity index is 2.02. The van der Waals surface area contributed by atoms with Crippen LogP contribution in [-0.2, 0) is 9.59 Å². The van der Waals surface area contributed by atoms with E-state index in [0.29, 0.717) is 10.7 Å². The van der Waals surface area contributed by atoms with Crippen LogP contribution in [0.15, 0.2) is 42.0 Å². The second-order valence-corrected chi connectivity index (χ2v) is 5.90. The van der Waals surface area contributed by atoms with Crippen LogP contribution in [0, 0.1) is 10.1 Å². The van der Waals surface area contributed by atoms with Gasteiger partial charge < -0.3 is 9.84 Å². The van der Waals surface area contributed by atoms with Gasteiger partial charge in [0.1, 0.15) is 5.57 Å². The molecule has 1 saturated heterocycles. The van der Waals surface area contributed by atoms with E-state index < -0.39 is 28.2 Å². The van der Waals surface area contributed by atoms with E-state index in [0.717, 1.165) is 11.1 Å². The summed E-state index contributed by atoms with van der Waals surface area (Å²) in [7, 11) is 1.23. The lowest BCUT2D eigenvalue weighted by molar-refractivity contribution is -0.386. The minimum Gasteiger partial charge on any atom is -0.500 e. The molecule has 27 heavy (non-hydrogen) atoms. The smallest absolute Gasteiger partial charge is 0.315 e. The van der Waals surface area contributed by atoms with Gasteiger partial charge in [-0.3, -0.25) is 25.1 Å². The number of benzene rings is 2. The third-order valence-corrected chi connectivity index (χ3v) is 4.00. The summed E-state index contributed by atoms with van der Waals surface area (Å²) in [4.78, 5) is 35.1. The number of phenolic OH excluding ortho intramolecular Hbond substituents is 1. The minimum atomic E-state index is -0.797. The molecule has 9 nitrogen and oxygen atoms in total. The SMILES string of the molecule is COc1cc(/C=C2\C(=O)NN(c3cccc(Cl)c3)C2=O)cc([N+](=O)[O-])c1O. The van der Waals surface area contributed by atoms with Crippen LogP contribution in [0.3, 0.4) is 0 Å². The number of carbonyl (C=O) groups excluding carboxylic acids is 2. The van der Waals surface area contributed by atoms with Crippen molar-refractivity contribution in [3.05, 3.63) is 62.7 Å². The normalized spacial score (nSPS) is 15.2. The number of nitro groups is 1. The van der Waals surface area contributed by atoms with E-state index in [-0.39, 0.29) is 16.9 Å². The Kier molecular flexibility index (Phi) is 4.70. The summed E-state index contributed by atoms with van der Waals surface area (Å²) >= 11 is 5.90. The number of anilines is 1. The van der Waals surface area contributed by atoms with E-state index in [4.69, 9.17) is 16.3 Å². The molecule has 0 spiro atoms. The molecule has 2 aromatic rings. The molecular formula is C17H12ClN3O6. The van der Waals surface area contributed by atoms with Crippen LogP contribution in [0.2, 0.25) is 5.02 Å². The highest BCUT2D eigenvalue weighted by molar-refractivity contribution is 6.33. The molecule has 1 heterocycles. The molecule has 0 aromatic heterocycles. The molecule has 138 valence electrons. The highest BCUT2D eigenvalue weighted by atomic mass is 35.5. The fourth-order valence-corrected chi connectivity index (χ4v) is 2.70. The fourth-order valence-electron chi connectivity index (χ4n) is 2.51. The number of hydrogen-bond acceptors (Lipinski definition) is 6. The van der Waals surface area contributed by atoms with E-state index in [1.807, 2.05) is 0 Å². The van der Waals surface area contributed by atoms with Crippen molar-refractivity contribution in [1.29, 1.82) is 0 Å². The monoisotopic (exact) mass is 389 g/mol. The third-order valence-electron chi connectivity index (χ3n) is 3.76. The van der Waals surface area contributed by atoms with Gasteiger partial charge in [0.2, 0.25) is 5.75 Å². The van der Waals surface area contributed by atoms with Gasteiger partial charge in [0, 0.05) is 11.1 Å². The number of aromatic hydroxyl groups is 1. The van der Waals surface area contributed by atoms with Crippen molar-refractivity contribution in [2.24, 2.45) is 0 Å². The van der Waals surface area contributed by atoms with Crippen molar-refractivity contribution in [2.75, 3.05) is 12.1 Å². The number of phenols is 1. The van der Waals surface area contributed by atoms with E-state index in [1.54, 1.807) is 18.2 Å². The number of methoxy groups -OCH3 is 1. The lowest BCUT2D eigenvalue weighted by Gasteiger charge is -2.14. The van der Waals surface area contributed by atoms with Crippen molar-refractivity contribution in [3.8, 4) is 11.5 Å². The maximum absolute atomic E-state index is 12.6.